The van der Waals surface area contributed by atoms with Crippen LogP contribution in [0.25, 0.3) is 5.82 Å². The van der Waals surface area contributed by atoms with Gasteiger partial charge in [-0.05, 0) is 52.0 Å². The summed E-state index contributed by atoms with van der Waals surface area (Å²) in [5.41, 5.74) is 8.13. The van der Waals surface area contributed by atoms with Gasteiger partial charge in [-0.15, -0.1) is 5.10 Å². The number of piperazine rings is 2. The van der Waals surface area contributed by atoms with Crippen LogP contribution in [0.3, 0.4) is 0 Å². The Morgan fingerprint density at radius 3 is 2.21 bits per heavy atom. The second kappa shape index (κ2) is 12.1. The number of hydrogen-bond acceptors (Lipinski definition) is 10. The molecule has 0 radical (unpaired) electrons. The zero-order valence-corrected chi connectivity index (χ0v) is 24.9. The van der Waals surface area contributed by atoms with Crippen molar-refractivity contribution in [3.05, 3.63) is 36.7 Å². The molecule has 0 aliphatic carbocycles. The van der Waals surface area contributed by atoms with E-state index in [9.17, 15) is 9.59 Å². The van der Waals surface area contributed by atoms with Gasteiger partial charge in [0, 0.05) is 81.8 Å². The summed E-state index contributed by atoms with van der Waals surface area (Å²) in [6.45, 7) is 13.8. The average Bonchev–Trinajstić information content (AvgIpc) is 3.32. The molecule has 2 atom stereocenters. The molecule has 5 rings (SSSR count). The molecule has 14 nitrogen and oxygen atoms in total. The maximum atomic E-state index is 12.3. The van der Waals surface area contributed by atoms with E-state index in [0.717, 1.165) is 30.3 Å². The Balaban J connectivity index is 1.22. The predicted molar refractivity (Wildman–Crippen MR) is 162 cm³/mol. The van der Waals surface area contributed by atoms with E-state index in [1.54, 1.807) is 6.92 Å². The van der Waals surface area contributed by atoms with Gasteiger partial charge in [0.25, 0.3) is 0 Å². The molecule has 3 amide bonds. The smallest absolute Gasteiger partial charge is 0.317 e. The van der Waals surface area contributed by atoms with Gasteiger partial charge in [0.2, 0.25) is 17.8 Å². The Morgan fingerprint density at radius 1 is 0.952 bits per heavy atom. The first kappa shape index (κ1) is 28.9. The number of aromatic nitrogens is 5. The van der Waals surface area contributed by atoms with Crippen molar-refractivity contribution in [2.45, 2.75) is 52.7 Å². The van der Waals surface area contributed by atoms with Crippen molar-refractivity contribution >= 4 is 41.0 Å². The third-order valence-electron chi connectivity index (χ3n) is 7.56. The van der Waals surface area contributed by atoms with Crippen LogP contribution in [0.15, 0.2) is 36.7 Å². The Labute approximate surface area is 245 Å². The van der Waals surface area contributed by atoms with Crippen LogP contribution in [0.5, 0.6) is 0 Å². The Hall–Kier alpha value is -4.62. The summed E-state index contributed by atoms with van der Waals surface area (Å²) in [7, 11) is 0. The standard InChI is InChI=1S/C28H40N12O2/c1-18(2)32-28(42)37-12-10-36(11-13-37)23-8-6-22(7-9-23)33-27-34-26(29)40(35-27)25-14-24(30-17-31-25)38-15-19(3)39(21(5)41)20(4)16-38/h6-9,14,17-20H,10-13,15-16H2,1-5H3,(H,32,42)(H3,29,33,34,35)/t19-,20+. The van der Waals surface area contributed by atoms with Crippen molar-refractivity contribution in [1.82, 2.24) is 39.8 Å². The highest BCUT2D eigenvalue weighted by molar-refractivity contribution is 5.75. The first-order valence-corrected chi connectivity index (χ1v) is 14.4. The van der Waals surface area contributed by atoms with Crippen LogP contribution >= 0.6 is 0 Å². The van der Waals surface area contributed by atoms with E-state index in [2.05, 4.69) is 40.5 Å². The van der Waals surface area contributed by atoms with Gasteiger partial charge in [-0.1, -0.05) is 0 Å². The maximum absolute atomic E-state index is 12.3. The number of anilines is 5. The first-order chi connectivity index (χ1) is 20.1. The maximum Gasteiger partial charge on any atom is 0.317 e. The van der Waals surface area contributed by atoms with Gasteiger partial charge in [0.1, 0.15) is 12.1 Å². The molecule has 4 N–H and O–H groups in total. The second-order valence-corrected chi connectivity index (χ2v) is 11.2. The minimum Gasteiger partial charge on any atom is -0.368 e. The van der Waals surface area contributed by atoms with Crippen LogP contribution in [0.4, 0.5) is 33.9 Å². The molecule has 2 fully saturated rings. The van der Waals surface area contributed by atoms with E-state index in [-0.39, 0.29) is 36.0 Å². The third-order valence-corrected chi connectivity index (χ3v) is 7.56. The number of nitrogens with one attached hydrogen (secondary N) is 2. The van der Waals surface area contributed by atoms with Crippen molar-refractivity contribution in [3.8, 4) is 5.82 Å². The average molecular weight is 577 g/mol. The highest BCUT2D eigenvalue weighted by Gasteiger charge is 2.32. The van der Waals surface area contributed by atoms with Gasteiger partial charge >= 0.3 is 6.03 Å². The predicted octanol–water partition coefficient (Wildman–Crippen LogP) is 2.07. The highest BCUT2D eigenvalue weighted by Crippen LogP contribution is 2.25. The van der Waals surface area contributed by atoms with Crippen LogP contribution in [-0.2, 0) is 4.79 Å². The SMILES string of the molecule is CC(=O)N1[C@H](C)CN(c2cc(-n3nc(Nc4ccc(N5CCN(C(=O)NC(C)C)CC5)cc4)nc3N)ncn2)C[C@@H]1C. The van der Waals surface area contributed by atoms with Crippen molar-refractivity contribution in [1.29, 1.82) is 0 Å². The number of nitrogens with zero attached hydrogens (tertiary/aromatic N) is 9. The second-order valence-electron chi connectivity index (χ2n) is 11.2. The molecule has 1 aromatic carbocycles. The fourth-order valence-corrected chi connectivity index (χ4v) is 5.69. The van der Waals surface area contributed by atoms with Gasteiger partial charge in [-0.25, -0.2) is 14.8 Å². The summed E-state index contributed by atoms with van der Waals surface area (Å²) in [6.07, 6.45) is 1.49. The fourth-order valence-electron chi connectivity index (χ4n) is 5.69. The monoisotopic (exact) mass is 576 g/mol. The molecule has 0 spiro atoms. The number of hydrogen-bond donors (Lipinski definition) is 3. The molecular formula is C28H40N12O2. The largest absolute Gasteiger partial charge is 0.368 e. The molecule has 14 heteroatoms. The number of urea groups is 1. The summed E-state index contributed by atoms with van der Waals surface area (Å²) < 4.78 is 1.48. The fraction of sp³-hybridized carbons (Fsp3) is 0.500. The number of benzene rings is 1. The molecule has 4 heterocycles. The number of carbonyl (C=O) groups excluding carboxylic acids is 2. The molecule has 2 saturated heterocycles. The van der Waals surface area contributed by atoms with E-state index in [4.69, 9.17) is 5.73 Å². The van der Waals surface area contributed by atoms with Crippen molar-refractivity contribution in [2.75, 3.05) is 60.1 Å². The van der Waals surface area contributed by atoms with E-state index in [1.165, 1.54) is 11.0 Å². The highest BCUT2D eigenvalue weighted by atomic mass is 16.2. The van der Waals surface area contributed by atoms with Gasteiger partial charge < -0.3 is 36.0 Å². The lowest BCUT2D eigenvalue weighted by atomic mass is 10.1. The number of amides is 3. The van der Waals surface area contributed by atoms with Gasteiger partial charge in [-0.2, -0.15) is 9.67 Å². The molecule has 2 aliphatic rings. The molecule has 2 aliphatic heterocycles. The number of nitrogens with two attached hydrogens (primary N) is 1. The van der Waals surface area contributed by atoms with E-state index >= 15 is 0 Å². The Morgan fingerprint density at radius 2 is 1.60 bits per heavy atom. The summed E-state index contributed by atoms with van der Waals surface area (Å²) in [5.74, 6) is 1.87. The summed E-state index contributed by atoms with van der Waals surface area (Å²) >= 11 is 0. The van der Waals surface area contributed by atoms with Gasteiger partial charge in [0.05, 0.1) is 0 Å². The van der Waals surface area contributed by atoms with E-state index in [1.807, 2.05) is 67.8 Å². The molecule has 42 heavy (non-hydrogen) atoms. The first-order valence-electron chi connectivity index (χ1n) is 14.4. The van der Waals surface area contributed by atoms with Crippen LogP contribution < -0.4 is 26.2 Å². The summed E-state index contributed by atoms with van der Waals surface area (Å²) in [5, 5.41) is 10.7. The van der Waals surface area contributed by atoms with Gasteiger partial charge in [0.15, 0.2) is 5.82 Å². The minimum absolute atomic E-state index is 0.00899. The van der Waals surface area contributed by atoms with Gasteiger partial charge in [-0.3, -0.25) is 4.79 Å². The Kier molecular flexibility index (Phi) is 8.31. The van der Waals surface area contributed by atoms with Crippen molar-refractivity contribution < 1.29 is 9.59 Å². The molecular weight excluding hydrogens is 536 g/mol. The molecule has 0 unspecified atom stereocenters. The molecule has 3 aromatic rings. The zero-order chi connectivity index (χ0) is 30.0. The van der Waals surface area contributed by atoms with Crippen LogP contribution in [0.1, 0.15) is 34.6 Å². The number of carbonyl (C=O) groups is 2. The van der Waals surface area contributed by atoms with Crippen LogP contribution in [0.2, 0.25) is 0 Å². The molecule has 224 valence electrons. The third kappa shape index (κ3) is 6.31. The Bertz CT molecular complexity index is 1390. The lowest BCUT2D eigenvalue weighted by Crippen LogP contribution is -2.58. The molecule has 2 aromatic heterocycles. The van der Waals surface area contributed by atoms with Crippen molar-refractivity contribution in [2.24, 2.45) is 0 Å². The zero-order valence-electron chi connectivity index (χ0n) is 24.9. The lowest BCUT2D eigenvalue weighted by Gasteiger charge is -2.44. The summed E-state index contributed by atoms with van der Waals surface area (Å²) in [4.78, 5) is 45.7. The number of rotatable bonds is 6. The molecule has 0 bridgehead atoms. The normalized spacial score (nSPS) is 19.3. The topological polar surface area (TPSA) is 154 Å². The minimum atomic E-state index is -0.00899. The molecule has 0 saturated carbocycles. The van der Waals surface area contributed by atoms with Crippen LogP contribution in [0, 0.1) is 0 Å². The van der Waals surface area contributed by atoms with Crippen LogP contribution in [-0.4, -0.2) is 104 Å². The summed E-state index contributed by atoms with van der Waals surface area (Å²) in [6, 6.07) is 10.1. The van der Waals surface area contributed by atoms with E-state index < -0.39 is 0 Å². The number of nitrogen functional groups attached to an aromatic ring is 1. The van der Waals surface area contributed by atoms with E-state index in [0.29, 0.717) is 37.9 Å². The lowest BCUT2D eigenvalue weighted by molar-refractivity contribution is -0.133. The quantitative estimate of drug-likeness (QED) is 0.397. The van der Waals surface area contributed by atoms with Crippen molar-refractivity contribution in [3.63, 3.8) is 0 Å².